The molecule has 0 amide bonds. The first kappa shape index (κ1) is 25.4. The molecule has 0 bridgehead atoms. The number of ether oxygens (including phenoxy) is 2. The summed E-state index contributed by atoms with van der Waals surface area (Å²) in [5.41, 5.74) is 6.17. The summed E-state index contributed by atoms with van der Waals surface area (Å²) in [4.78, 5) is 0. The maximum absolute atomic E-state index is 5.31. The molecule has 0 N–H and O–H groups in total. The van der Waals surface area contributed by atoms with E-state index >= 15 is 0 Å². The van der Waals surface area contributed by atoms with E-state index in [2.05, 4.69) is 79.7 Å². The second-order valence-electron chi connectivity index (χ2n) is 8.79. The van der Waals surface area contributed by atoms with Crippen LogP contribution < -0.4 is 20.1 Å². The molecular weight excluding hydrogens is 466 g/mol. The highest BCUT2D eigenvalue weighted by atomic mass is 31.1. The van der Waals surface area contributed by atoms with Crippen LogP contribution in [0.2, 0.25) is 0 Å². The molecule has 0 aromatic heterocycles. The van der Waals surface area contributed by atoms with Crippen molar-refractivity contribution in [2.75, 3.05) is 20.4 Å². The minimum atomic E-state index is 0.652. The van der Waals surface area contributed by atoms with E-state index in [9.17, 15) is 0 Å². The van der Waals surface area contributed by atoms with Gasteiger partial charge >= 0.3 is 0 Å². The van der Waals surface area contributed by atoms with Gasteiger partial charge < -0.3 is 9.47 Å². The molecule has 180 valence electrons. The minimum Gasteiger partial charge on any atom is -0.497 e. The lowest BCUT2D eigenvalue weighted by atomic mass is 10.1. The molecule has 0 saturated carbocycles. The Kier molecular flexibility index (Phi) is 9.35. The zero-order valence-corrected chi connectivity index (χ0v) is 22.8. The molecule has 0 aliphatic carbocycles. The van der Waals surface area contributed by atoms with Gasteiger partial charge in [-0.15, -0.1) is 0 Å². The topological polar surface area (TPSA) is 18.5 Å². The number of methoxy groups -OCH3 is 2. The Morgan fingerprint density at radius 3 is 1.57 bits per heavy atom. The molecule has 4 aromatic rings. The lowest BCUT2D eigenvalue weighted by Gasteiger charge is -2.17. The van der Waals surface area contributed by atoms with E-state index in [1.54, 1.807) is 14.2 Å². The van der Waals surface area contributed by atoms with E-state index in [0.717, 1.165) is 41.5 Å². The smallest absolute Gasteiger partial charge is 0.118 e. The summed E-state index contributed by atoms with van der Waals surface area (Å²) in [6, 6.07) is 34.7. The molecule has 3 atom stereocenters. The maximum atomic E-state index is 5.31. The van der Waals surface area contributed by atoms with Crippen LogP contribution in [-0.2, 0) is 12.8 Å². The Labute approximate surface area is 213 Å². The molecule has 0 fully saturated rings. The largest absolute Gasteiger partial charge is 0.497 e. The zero-order chi connectivity index (χ0) is 24.5. The Balaban J connectivity index is 1.38. The molecule has 3 unspecified atom stereocenters. The lowest BCUT2D eigenvalue weighted by molar-refractivity contribution is 0.414. The van der Waals surface area contributed by atoms with Gasteiger partial charge in [0, 0.05) is 0 Å². The Morgan fingerprint density at radius 2 is 1.06 bits per heavy atom. The zero-order valence-electron chi connectivity index (χ0n) is 20.8. The van der Waals surface area contributed by atoms with Crippen LogP contribution in [0.5, 0.6) is 11.5 Å². The predicted octanol–water partition coefficient (Wildman–Crippen LogP) is 6.58. The van der Waals surface area contributed by atoms with Gasteiger partial charge in [-0.3, -0.25) is 0 Å². The molecule has 2 nitrogen and oxygen atoms in total. The fourth-order valence-electron chi connectivity index (χ4n) is 4.17. The monoisotopic (exact) mass is 500 g/mol. The van der Waals surface area contributed by atoms with Crippen molar-refractivity contribution < 1.29 is 9.47 Å². The Morgan fingerprint density at radius 1 is 0.600 bits per heavy atom. The first-order valence-corrected chi connectivity index (χ1v) is 14.3. The van der Waals surface area contributed by atoms with Gasteiger partial charge in [-0.25, -0.2) is 0 Å². The highest BCUT2D eigenvalue weighted by molar-refractivity contribution is 7.52. The molecule has 0 heterocycles. The van der Waals surface area contributed by atoms with Crippen LogP contribution in [0.3, 0.4) is 0 Å². The second kappa shape index (κ2) is 12.9. The summed E-state index contributed by atoms with van der Waals surface area (Å²) < 4.78 is 10.6. The number of hydrogen-bond donors (Lipinski definition) is 0. The van der Waals surface area contributed by atoms with Crippen LogP contribution in [0.1, 0.15) is 29.2 Å². The third-order valence-electron chi connectivity index (χ3n) is 6.14. The molecule has 4 rings (SSSR count). The minimum absolute atomic E-state index is 0.652. The van der Waals surface area contributed by atoms with Gasteiger partial charge in [0.1, 0.15) is 11.5 Å². The summed E-state index contributed by atoms with van der Waals surface area (Å²) in [7, 11) is 5.06. The average Bonchev–Trinajstić information content (AvgIpc) is 2.90. The predicted molar refractivity (Wildman–Crippen MR) is 155 cm³/mol. The van der Waals surface area contributed by atoms with E-state index < -0.39 is 0 Å². The molecule has 0 saturated heterocycles. The van der Waals surface area contributed by atoms with E-state index in [0.29, 0.717) is 5.66 Å². The van der Waals surface area contributed by atoms with Gasteiger partial charge in [0.2, 0.25) is 0 Å². The number of rotatable bonds is 11. The van der Waals surface area contributed by atoms with Gasteiger partial charge in [0.25, 0.3) is 0 Å². The van der Waals surface area contributed by atoms with Crippen molar-refractivity contribution >= 4 is 27.8 Å². The molecule has 35 heavy (non-hydrogen) atoms. The van der Waals surface area contributed by atoms with E-state index in [1.807, 2.05) is 24.3 Å². The van der Waals surface area contributed by atoms with Gasteiger partial charge in [-0.2, -0.15) is 0 Å². The van der Waals surface area contributed by atoms with Crippen LogP contribution in [0, 0.1) is 0 Å². The van der Waals surface area contributed by atoms with Crippen molar-refractivity contribution in [2.45, 2.75) is 25.4 Å². The quantitative estimate of drug-likeness (QED) is 0.217. The number of hydrogen-bond acceptors (Lipinski definition) is 2. The summed E-state index contributed by atoms with van der Waals surface area (Å²) in [6.07, 6.45) is 3.15. The van der Waals surface area contributed by atoms with Crippen LogP contribution in [0.25, 0.3) is 0 Å². The summed E-state index contributed by atoms with van der Waals surface area (Å²) >= 11 is 0. The van der Waals surface area contributed by atoms with Crippen LogP contribution in [-0.4, -0.2) is 26.0 Å². The highest BCUT2D eigenvalue weighted by Crippen LogP contribution is 2.28. The van der Waals surface area contributed by atoms with Crippen molar-refractivity contribution in [3.8, 4) is 11.5 Å². The van der Waals surface area contributed by atoms with Gasteiger partial charge in [-0.1, -0.05) is 96.9 Å². The van der Waals surface area contributed by atoms with E-state index in [1.165, 1.54) is 39.0 Å². The average molecular weight is 501 g/mol. The van der Waals surface area contributed by atoms with Crippen LogP contribution in [0.4, 0.5) is 0 Å². The third kappa shape index (κ3) is 7.41. The van der Waals surface area contributed by atoms with Crippen LogP contribution >= 0.6 is 17.2 Å². The standard InChI is InChI=1S/C31H34O2P2/c1-23(35-31-11-7-5-9-27(31)21-25-14-18-29(33-3)19-15-25)22-34-30-10-6-4-8-26(30)20-24-12-16-28(32-2)17-13-24/h4-19,23,34-35H,20-22H2,1-3H3. The van der Waals surface area contributed by atoms with Gasteiger partial charge in [-0.05, 0) is 81.8 Å². The van der Waals surface area contributed by atoms with Crippen LogP contribution in [0.15, 0.2) is 97.1 Å². The van der Waals surface area contributed by atoms with Crippen molar-refractivity contribution in [2.24, 2.45) is 0 Å². The maximum Gasteiger partial charge on any atom is 0.118 e. The molecule has 0 radical (unpaired) electrons. The van der Waals surface area contributed by atoms with Crippen molar-refractivity contribution in [1.82, 2.24) is 0 Å². The summed E-state index contributed by atoms with van der Waals surface area (Å²) in [6.45, 7) is 2.40. The van der Waals surface area contributed by atoms with Crippen molar-refractivity contribution in [1.29, 1.82) is 0 Å². The molecule has 0 spiro atoms. The van der Waals surface area contributed by atoms with Crippen molar-refractivity contribution in [3.05, 3.63) is 119 Å². The summed E-state index contributed by atoms with van der Waals surface area (Å²) in [5.74, 6) is 1.82. The molecular formula is C31H34O2P2. The fraction of sp³-hybridized carbons (Fsp3) is 0.226. The van der Waals surface area contributed by atoms with Crippen molar-refractivity contribution in [3.63, 3.8) is 0 Å². The molecule has 4 heteroatoms. The third-order valence-corrected chi connectivity index (χ3v) is 9.73. The second-order valence-corrected chi connectivity index (χ2v) is 11.9. The lowest BCUT2D eigenvalue weighted by Crippen LogP contribution is -2.12. The molecule has 0 aliphatic rings. The molecule has 0 aliphatic heterocycles. The highest BCUT2D eigenvalue weighted by Gasteiger charge is 2.11. The first-order valence-electron chi connectivity index (χ1n) is 12.1. The summed E-state index contributed by atoms with van der Waals surface area (Å²) in [5, 5.41) is 2.98. The number of benzene rings is 4. The Hall–Kier alpha value is -2.66. The van der Waals surface area contributed by atoms with E-state index in [-0.39, 0.29) is 0 Å². The van der Waals surface area contributed by atoms with Gasteiger partial charge in [0.05, 0.1) is 14.2 Å². The normalized spacial score (nSPS) is 12.4. The fourth-order valence-corrected chi connectivity index (χ4v) is 7.10. The first-order chi connectivity index (χ1) is 17.1. The SMILES string of the molecule is COc1ccc(Cc2ccccc2PCC(C)Pc2ccccc2Cc2ccc(OC)cc2)cc1. The van der Waals surface area contributed by atoms with E-state index in [4.69, 9.17) is 9.47 Å². The molecule has 4 aromatic carbocycles. The Bertz CT molecular complexity index is 1200. The van der Waals surface area contributed by atoms with Gasteiger partial charge in [0.15, 0.2) is 0 Å².